The summed E-state index contributed by atoms with van der Waals surface area (Å²) in [5, 5.41) is 0. The summed E-state index contributed by atoms with van der Waals surface area (Å²) < 4.78 is 5.08. The van der Waals surface area contributed by atoms with Gasteiger partial charge in [-0.2, -0.15) is 0 Å². The van der Waals surface area contributed by atoms with E-state index in [-0.39, 0.29) is 11.9 Å². The molecule has 0 aliphatic heterocycles. The molecule has 0 aromatic heterocycles. The van der Waals surface area contributed by atoms with Crippen LogP contribution in [0.25, 0.3) is 0 Å². The fourth-order valence-electron chi connectivity index (χ4n) is 1.01. The molecule has 0 aliphatic carbocycles. The molecule has 0 N–H and O–H groups in total. The topological polar surface area (TPSA) is 26.3 Å². The van der Waals surface area contributed by atoms with Gasteiger partial charge in [0.25, 0.3) is 0 Å². The Labute approximate surface area is 108 Å². The second-order valence-electron chi connectivity index (χ2n) is 4.50. The number of ether oxygens (including phenoxy) is 1. The fourth-order valence-corrected chi connectivity index (χ4v) is 2.95. The van der Waals surface area contributed by atoms with E-state index in [2.05, 4.69) is 13.8 Å². The molecule has 0 heterocycles. The van der Waals surface area contributed by atoms with Gasteiger partial charge in [-0.3, -0.25) is 4.79 Å². The van der Waals surface area contributed by atoms with Crippen molar-refractivity contribution in [2.75, 3.05) is 18.1 Å². The van der Waals surface area contributed by atoms with Gasteiger partial charge in [-0.25, -0.2) is 0 Å². The Morgan fingerprint density at radius 2 is 1.75 bits per heavy atom. The molecule has 0 aromatic carbocycles. The largest absolute Gasteiger partial charge is 0.465 e. The Hall–Kier alpha value is 0.170. The second-order valence-corrected chi connectivity index (χ2v) is 7.20. The highest BCUT2D eigenvalue weighted by molar-refractivity contribution is 8.76. The Kier molecular flexibility index (Phi) is 10.4. The van der Waals surface area contributed by atoms with Crippen molar-refractivity contribution in [2.24, 2.45) is 11.8 Å². The van der Waals surface area contributed by atoms with Crippen molar-refractivity contribution >= 4 is 27.6 Å². The van der Waals surface area contributed by atoms with E-state index in [9.17, 15) is 4.79 Å². The Morgan fingerprint density at radius 3 is 2.31 bits per heavy atom. The van der Waals surface area contributed by atoms with E-state index in [1.807, 2.05) is 24.6 Å². The molecule has 0 spiro atoms. The summed E-state index contributed by atoms with van der Waals surface area (Å²) in [6.45, 7) is 8.76. The van der Waals surface area contributed by atoms with E-state index >= 15 is 0 Å². The summed E-state index contributed by atoms with van der Waals surface area (Å²) in [5.74, 6) is 2.79. The molecule has 0 saturated heterocycles. The van der Waals surface area contributed by atoms with E-state index in [4.69, 9.17) is 4.74 Å². The molecule has 2 nitrogen and oxygen atoms in total. The molecule has 0 saturated carbocycles. The first-order chi connectivity index (χ1) is 7.54. The lowest BCUT2D eigenvalue weighted by Gasteiger charge is -2.06. The summed E-state index contributed by atoms with van der Waals surface area (Å²) in [6.07, 6.45) is 2.58. The van der Waals surface area contributed by atoms with E-state index in [1.54, 1.807) is 10.8 Å². The highest BCUT2D eigenvalue weighted by atomic mass is 33.1. The van der Waals surface area contributed by atoms with Gasteiger partial charge in [-0.15, -0.1) is 0 Å². The van der Waals surface area contributed by atoms with Gasteiger partial charge in [0.15, 0.2) is 0 Å². The number of carbonyl (C=O) groups excluding carboxylic acids is 1. The Morgan fingerprint density at radius 1 is 1.12 bits per heavy atom. The van der Waals surface area contributed by atoms with Crippen LogP contribution in [-0.2, 0) is 9.53 Å². The van der Waals surface area contributed by atoms with Crippen LogP contribution in [0.5, 0.6) is 0 Å². The van der Waals surface area contributed by atoms with Gasteiger partial charge in [0.2, 0.25) is 0 Å². The molecule has 0 atom stereocenters. The third-order valence-electron chi connectivity index (χ3n) is 1.97. The first-order valence-electron chi connectivity index (χ1n) is 5.95. The minimum absolute atomic E-state index is 0.0105. The molecule has 0 aromatic rings. The summed E-state index contributed by atoms with van der Waals surface area (Å²) in [4.78, 5) is 11.1. The maximum absolute atomic E-state index is 11.1. The number of esters is 1. The number of hydrogen-bond donors (Lipinski definition) is 0. The molecule has 0 amide bonds. The van der Waals surface area contributed by atoms with Crippen LogP contribution in [0.3, 0.4) is 0 Å². The SMILES string of the molecule is CC(C)CCCSSCCOC(=O)C(C)C. The predicted molar refractivity (Wildman–Crippen MR) is 74.8 cm³/mol. The lowest BCUT2D eigenvalue weighted by molar-refractivity contribution is -0.146. The standard InChI is InChI=1S/C12H24O2S2/c1-10(2)6-5-8-15-16-9-7-14-12(13)11(3)4/h10-11H,5-9H2,1-4H3. The molecule has 16 heavy (non-hydrogen) atoms. The quantitative estimate of drug-likeness (QED) is 0.357. The van der Waals surface area contributed by atoms with Gasteiger partial charge in [-0.05, 0) is 12.3 Å². The van der Waals surface area contributed by atoms with Crippen molar-refractivity contribution in [3.8, 4) is 0 Å². The highest BCUT2D eigenvalue weighted by Crippen LogP contribution is 2.23. The Bertz CT molecular complexity index is 182. The minimum Gasteiger partial charge on any atom is -0.465 e. The zero-order valence-corrected chi connectivity index (χ0v) is 12.5. The van der Waals surface area contributed by atoms with Crippen molar-refractivity contribution in [1.82, 2.24) is 0 Å². The fraction of sp³-hybridized carbons (Fsp3) is 0.917. The van der Waals surface area contributed by atoms with Crippen LogP contribution in [0, 0.1) is 11.8 Å². The average Bonchev–Trinajstić information content (AvgIpc) is 2.21. The van der Waals surface area contributed by atoms with Crippen molar-refractivity contribution < 1.29 is 9.53 Å². The molecule has 0 unspecified atom stereocenters. The number of carbonyl (C=O) groups is 1. The van der Waals surface area contributed by atoms with E-state index in [1.165, 1.54) is 18.6 Å². The summed E-state index contributed by atoms with van der Waals surface area (Å²) in [7, 11) is 3.68. The molecular formula is C12H24O2S2. The third kappa shape index (κ3) is 10.7. The first kappa shape index (κ1) is 16.2. The normalized spacial score (nSPS) is 11.1. The first-order valence-corrected chi connectivity index (χ1v) is 8.44. The van der Waals surface area contributed by atoms with Gasteiger partial charge in [0.1, 0.15) is 6.61 Å². The van der Waals surface area contributed by atoms with Crippen LogP contribution < -0.4 is 0 Å². The van der Waals surface area contributed by atoms with Gasteiger partial charge >= 0.3 is 5.97 Å². The van der Waals surface area contributed by atoms with Crippen molar-refractivity contribution in [3.05, 3.63) is 0 Å². The summed E-state index contributed by atoms with van der Waals surface area (Å²) >= 11 is 0. The summed E-state index contributed by atoms with van der Waals surface area (Å²) in [6, 6.07) is 0. The molecule has 96 valence electrons. The third-order valence-corrected chi connectivity index (χ3v) is 4.43. The smallest absolute Gasteiger partial charge is 0.308 e. The van der Waals surface area contributed by atoms with Gasteiger partial charge < -0.3 is 4.74 Å². The molecule has 0 aliphatic rings. The van der Waals surface area contributed by atoms with Gasteiger partial charge in [0.05, 0.1) is 5.92 Å². The van der Waals surface area contributed by atoms with Crippen LogP contribution in [0.15, 0.2) is 0 Å². The van der Waals surface area contributed by atoms with Crippen LogP contribution in [-0.4, -0.2) is 24.1 Å². The lowest BCUT2D eigenvalue weighted by atomic mass is 10.1. The van der Waals surface area contributed by atoms with Crippen LogP contribution in [0.4, 0.5) is 0 Å². The molecule has 4 heteroatoms. The van der Waals surface area contributed by atoms with Crippen LogP contribution in [0.1, 0.15) is 40.5 Å². The van der Waals surface area contributed by atoms with Crippen molar-refractivity contribution in [2.45, 2.75) is 40.5 Å². The van der Waals surface area contributed by atoms with Crippen molar-refractivity contribution in [3.63, 3.8) is 0 Å². The molecule has 0 radical (unpaired) electrons. The lowest BCUT2D eigenvalue weighted by Crippen LogP contribution is -2.13. The van der Waals surface area contributed by atoms with E-state index in [0.717, 1.165) is 11.7 Å². The van der Waals surface area contributed by atoms with Crippen LogP contribution in [0.2, 0.25) is 0 Å². The number of hydrogen-bond acceptors (Lipinski definition) is 4. The van der Waals surface area contributed by atoms with Crippen molar-refractivity contribution in [1.29, 1.82) is 0 Å². The molecule has 0 fully saturated rings. The molecule has 0 bridgehead atoms. The number of rotatable bonds is 9. The second kappa shape index (κ2) is 10.3. The minimum atomic E-state index is -0.0922. The maximum Gasteiger partial charge on any atom is 0.308 e. The monoisotopic (exact) mass is 264 g/mol. The Balaban J connectivity index is 3.13. The van der Waals surface area contributed by atoms with Crippen LogP contribution >= 0.6 is 21.6 Å². The molecular weight excluding hydrogens is 240 g/mol. The van der Waals surface area contributed by atoms with E-state index in [0.29, 0.717) is 6.61 Å². The predicted octanol–water partition coefficient (Wildman–Crippen LogP) is 4.00. The summed E-state index contributed by atoms with van der Waals surface area (Å²) in [5.41, 5.74) is 0. The van der Waals surface area contributed by atoms with Gasteiger partial charge in [-0.1, -0.05) is 55.7 Å². The zero-order chi connectivity index (χ0) is 12.4. The van der Waals surface area contributed by atoms with Gasteiger partial charge in [0, 0.05) is 11.5 Å². The average molecular weight is 264 g/mol. The maximum atomic E-state index is 11.1. The van der Waals surface area contributed by atoms with E-state index < -0.39 is 0 Å². The highest BCUT2D eigenvalue weighted by Gasteiger charge is 2.07. The molecule has 0 rings (SSSR count). The zero-order valence-electron chi connectivity index (χ0n) is 10.8.